The Hall–Kier alpha value is -4.30. The van der Waals surface area contributed by atoms with Crippen molar-refractivity contribution in [2.24, 2.45) is 5.73 Å². The van der Waals surface area contributed by atoms with Crippen LogP contribution in [0.25, 0.3) is 28.1 Å². The number of carbonyl (C=O) groups is 1. The molecule has 0 unspecified atom stereocenters. The molecule has 182 valence electrons. The van der Waals surface area contributed by atoms with E-state index in [1.54, 1.807) is 18.3 Å². The Bertz CT molecular complexity index is 1450. The number of nitrogens with two attached hydrogens (primary N) is 1. The standard InChI is InChI=1S/C28H27FN6O/c1-34-12-14-35(15-13-34)25-10-9-22(17-24(25)29)32-28-31-18-21-6-3-7-23(27(21)33-28)20-5-2-4-19(16-20)8-11-26(30)36/h2-11,16-18H,12-15H2,1H3,(H2,30,36)(H,31,32,33). The van der Waals surface area contributed by atoms with Crippen molar-refractivity contribution in [3.63, 3.8) is 0 Å². The lowest BCUT2D eigenvalue weighted by Crippen LogP contribution is -2.44. The van der Waals surface area contributed by atoms with E-state index in [1.807, 2.05) is 48.5 Å². The van der Waals surface area contributed by atoms with Crippen LogP contribution >= 0.6 is 0 Å². The molecule has 0 aliphatic carbocycles. The lowest BCUT2D eigenvalue weighted by molar-refractivity contribution is -0.113. The van der Waals surface area contributed by atoms with Crippen molar-refractivity contribution in [1.82, 2.24) is 14.9 Å². The molecule has 3 N–H and O–H groups in total. The van der Waals surface area contributed by atoms with Gasteiger partial charge in [0.15, 0.2) is 0 Å². The highest BCUT2D eigenvalue weighted by Crippen LogP contribution is 2.30. The van der Waals surface area contributed by atoms with Gasteiger partial charge in [0.05, 0.1) is 11.2 Å². The van der Waals surface area contributed by atoms with Crippen molar-refractivity contribution in [2.75, 3.05) is 43.4 Å². The lowest BCUT2D eigenvalue weighted by atomic mass is 10.0. The summed E-state index contributed by atoms with van der Waals surface area (Å²) in [6, 6.07) is 18.8. The van der Waals surface area contributed by atoms with E-state index in [2.05, 4.69) is 27.1 Å². The third kappa shape index (κ3) is 5.18. The number of likely N-dealkylation sites (N-methyl/N-ethyl adjacent to an activating group) is 1. The van der Waals surface area contributed by atoms with Crippen LogP contribution < -0.4 is 16.0 Å². The van der Waals surface area contributed by atoms with E-state index in [0.717, 1.165) is 53.8 Å². The molecule has 0 radical (unpaired) electrons. The van der Waals surface area contributed by atoms with Crippen molar-refractivity contribution in [3.05, 3.63) is 84.3 Å². The van der Waals surface area contributed by atoms with Gasteiger partial charge in [0, 0.05) is 55.1 Å². The third-order valence-electron chi connectivity index (χ3n) is 6.30. The van der Waals surface area contributed by atoms with Crippen LogP contribution in [0.15, 0.2) is 72.9 Å². The number of hydrogen-bond acceptors (Lipinski definition) is 6. The van der Waals surface area contributed by atoms with Gasteiger partial charge in [-0.2, -0.15) is 0 Å². The van der Waals surface area contributed by atoms with E-state index in [1.165, 1.54) is 12.1 Å². The number of benzene rings is 3. The number of anilines is 3. The van der Waals surface area contributed by atoms with Gasteiger partial charge in [0.1, 0.15) is 5.82 Å². The maximum atomic E-state index is 15.0. The first-order valence-electron chi connectivity index (χ1n) is 11.8. The van der Waals surface area contributed by atoms with Gasteiger partial charge in [-0.1, -0.05) is 36.4 Å². The monoisotopic (exact) mass is 482 g/mol. The van der Waals surface area contributed by atoms with Gasteiger partial charge >= 0.3 is 0 Å². The van der Waals surface area contributed by atoms with Crippen molar-refractivity contribution < 1.29 is 9.18 Å². The number of halogens is 1. The summed E-state index contributed by atoms with van der Waals surface area (Å²) in [5.74, 6) is -0.389. The summed E-state index contributed by atoms with van der Waals surface area (Å²) >= 11 is 0. The summed E-state index contributed by atoms with van der Waals surface area (Å²) in [4.78, 5) is 24.6. The van der Waals surface area contributed by atoms with Crippen LogP contribution in [0.1, 0.15) is 5.56 Å². The van der Waals surface area contributed by atoms with Crippen LogP contribution in [0.5, 0.6) is 0 Å². The Morgan fingerprint density at radius 1 is 1.06 bits per heavy atom. The van der Waals surface area contributed by atoms with Crippen molar-refractivity contribution >= 4 is 40.2 Å². The molecular formula is C28H27FN6O. The summed E-state index contributed by atoms with van der Waals surface area (Å²) < 4.78 is 15.0. The quantitative estimate of drug-likeness (QED) is 0.396. The number of carbonyl (C=O) groups excluding carboxylic acids is 1. The average Bonchev–Trinajstić information content (AvgIpc) is 2.88. The highest BCUT2D eigenvalue weighted by Gasteiger charge is 2.18. The maximum Gasteiger partial charge on any atom is 0.241 e. The first kappa shape index (κ1) is 23.4. The summed E-state index contributed by atoms with van der Waals surface area (Å²) in [6.07, 6.45) is 4.76. The van der Waals surface area contributed by atoms with Gasteiger partial charge in [-0.15, -0.1) is 0 Å². The number of nitrogens with one attached hydrogen (secondary N) is 1. The molecule has 0 spiro atoms. The minimum absolute atomic E-state index is 0.271. The largest absolute Gasteiger partial charge is 0.367 e. The second kappa shape index (κ2) is 10.1. The van der Waals surface area contributed by atoms with E-state index in [9.17, 15) is 9.18 Å². The van der Waals surface area contributed by atoms with Crippen LogP contribution in [0.4, 0.5) is 21.7 Å². The first-order valence-corrected chi connectivity index (χ1v) is 11.8. The van der Waals surface area contributed by atoms with E-state index in [0.29, 0.717) is 17.3 Å². The molecule has 0 bridgehead atoms. The summed E-state index contributed by atoms with van der Waals surface area (Å²) in [5, 5.41) is 4.03. The van der Waals surface area contributed by atoms with Gasteiger partial charge in [0.2, 0.25) is 11.9 Å². The van der Waals surface area contributed by atoms with Crippen LogP contribution in [0, 0.1) is 5.82 Å². The van der Waals surface area contributed by atoms with E-state index in [-0.39, 0.29) is 5.82 Å². The predicted octanol–water partition coefficient (Wildman–Crippen LogP) is 4.43. The van der Waals surface area contributed by atoms with Gasteiger partial charge in [-0.3, -0.25) is 4.79 Å². The number of para-hydroxylation sites is 1. The second-order valence-corrected chi connectivity index (χ2v) is 8.88. The van der Waals surface area contributed by atoms with Gasteiger partial charge in [-0.25, -0.2) is 14.4 Å². The van der Waals surface area contributed by atoms with Gasteiger partial charge in [-0.05, 0) is 48.5 Å². The van der Waals surface area contributed by atoms with E-state index < -0.39 is 5.91 Å². The molecule has 1 fully saturated rings. The van der Waals surface area contributed by atoms with Crippen LogP contribution in [-0.2, 0) is 4.79 Å². The number of fused-ring (bicyclic) bond motifs is 1. The predicted molar refractivity (Wildman–Crippen MR) is 143 cm³/mol. The highest BCUT2D eigenvalue weighted by molar-refractivity contribution is 5.95. The molecule has 1 amide bonds. The molecule has 2 heterocycles. The van der Waals surface area contributed by atoms with Crippen molar-refractivity contribution in [1.29, 1.82) is 0 Å². The minimum Gasteiger partial charge on any atom is -0.367 e. The number of aromatic nitrogens is 2. The minimum atomic E-state index is -0.498. The molecule has 3 aromatic carbocycles. The zero-order valence-corrected chi connectivity index (χ0v) is 20.0. The fraction of sp³-hybridized carbons (Fsp3) is 0.179. The molecule has 4 aromatic rings. The number of piperazine rings is 1. The fourth-order valence-corrected chi connectivity index (χ4v) is 4.35. The lowest BCUT2D eigenvalue weighted by Gasteiger charge is -2.34. The summed E-state index contributed by atoms with van der Waals surface area (Å²) in [5.41, 5.74) is 9.90. The summed E-state index contributed by atoms with van der Waals surface area (Å²) in [7, 11) is 2.08. The Kier molecular flexibility index (Phi) is 6.60. The fourth-order valence-electron chi connectivity index (χ4n) is 4.35. The molecule has 7 nitrogen and oxygen atoms in total. The molecule has 0 saturated carbocycles. The smallest absolute Gasteiger partial charge is 0.241 e. The molecule has 0 atom stereocenters. The van der Waals surface area contributed by atoms with Gasteiger partial charge < -0.3 is 20.9 Å². The Morgan fingerprint density at radius 2 is 1.86 bits per heavy atom. The second-order valence-electron chi connectivity index (χ2n) is 8.88. The van der Waals surface area contributed by atoms with E-state index in [4.69, 9.17) is 10.7 Å². The zero-order valence-electron chi connectivity index (χ0n) is 20.0. The number of hydrogen-bond donors (Lipinski definition) is 2. The molecule has 1 saturated heterocycles. The average molecular weight is 483 g/mol. The molecule has 1 aliphatic rings. The molecular weight excluding hydrogens is 455 g/mol. The number of nitrogens with zero attached hydrogens (tertiary/aromatic N) is 4. The molecule has 5 rings (SSSR count). The van der Waals surface area contributed by atoms with Crippen molar-refractivity contribution in [2.45, 2.75) is 0 Å². The van der Waals surface area contributed by atoms with Crippen molar-refractivity contribution in [3.8, 4) is 11.1 Å². The number of rotatable bonds is 6. The Labute approximate surface area is 209 Å². The maximum absolute atomic E-state index is 15.0. The number of primary amides is 1. The first-order chi connectivity index (χ1) is 17.5. The highest BCUT2D eigenvalue weighted by atomic mass is 19.1. The Balaban J connectivity index is 1.42. The molecule has 36 heavy (non-hydrogen) atoms. The zero-order chi connectivity index (χ0) is 25.1. The number of amides is 1. The molecule has 1 aliphatic heterocycles. The normalized spacial score (nSPS) is 14.4. The third-order valence-corrected chi connectivity index (χ3v) is 6.30. The van der Waals surface area contributed by atoms with Gasteiger partial charge in [0.25, 0.3) is 0 Å². The molecule has 1 aromatic heterocycles. The molecule has 8 heteroatoms. The topological polar surface area (TPSA) is 87.4 Å². The summed E-state index contributed by atoms with van der Waals surface area (Å²) in [6.45, 7) is 3.43. The van der Waals surface area contributed by atoms with Crippen LogP contribution in [-0.4, -0.2) is 54.0 Å². The van der Waals surface area contributed by atoms with Crippen LogP contribution in [0.2, 0.25) is 0 Å². The van der Waals surface area contributed by atoms with Crippen LogP contribution in [0.3, 0.4) is 0 Å². The SMILES string of the molecule is CN1CCN(c2ccc(Nc3ncc4cccc(-c5cccc(C=CC(N)=O)c5)c4n3)cc2F)CC1. The Morgan fingerprint density at radius 3 is 2.64 bits per heavy atom. The van der Waals surface area contributed by atoms with E-state index >= 15 is 0 Å².